The lowest BCUT2D eigenvalue weighted by atomic mass is 10.0. The fourth-order valence-electron chi connectivity index (χ4n) is 2.83. The first-order valence-corrected chi connectivity index (χ1v) is 6.67. The third kappa shape index (κ3) is 2.62. The van der Waals surface area contributed by atoms with Crippen LogP contribution >= 0.6 is 0 Å². The zero-order valence-electron chi connectivity index (χ0n) is 10.7. The maximum absolute atomic E-state index is 11.7. The van der Waals surface area contributed by atoms with Crippen LogP contribution in [0.1, 0.15) is 31.2 Å². The Kier molecular flexibility index (Phi) is 3.01. The minimum absolute atomic E-state index is 0.0247. The predicted molar refractivity (Wildman–Crippen MR) is 69.5 cm³/mol. The molecule has 1 N–H and O–H groups in total. The SMILES string of the molecule is O=C1CC(NC(=O)OCc2ccccc2)C2(CC2)C1. The van der Waals surface area contributed by atoms with Crippen LogP contribution in [0.3, 0.4) is 0 Å². The second-order valence-electron chi connectivity index (χ2n) is 5.54. The first-order valence-electron chi connectivity index (χ1n) is 6.67. The van der Waals surface area contributed by atoms with Gasteiger partial charge in [0.2, 0.25) is 0 Å². The second kappa shape index (κ2) is 4.68. The van der Waals surface area contributed by atoms with E-state index in [0.717, 1.165) is 18.4 Å². The fraction of sp³-hybridized carbons (Fsp3) is 0.467. The number of amides is 1. The van der Waals surface area contributed by atoms with Gasteiger partial charge in [0.05, 0.1) is 0 Å². The van der Waals surface area contributed by atoms with Crippen LogP contribution in [0.2, 0.25) is 0 Å². The van der Waals surface area contributed by atoms with Crippen LogP contribution in [-0.4, -0.2) is 17.9 Å². The summed E-state index contributed by atoms with van der Waals surface area (Å²) >= 11 is 0. The van der Waals surface area contributed by atoms with Crippen molar-refractivity contribution in [2.75, 3.05) is 0 Å². The average molecular weight is 259 g/mol. The smallest absolute Gasteiger partial charge is 0.407 e. The van der Waals surface area contributed by atoms with Gasteiger partial charge in [-0.3, -0.25) is 4.79 Å². The van der Waals surface area contributed by atoms with E-state index in [2.05, 4.69) is 5.32 Å². The van der Waals surface area contributed by atoms with E-state index < -0.39 is 6.09 Å². The molecule has 0 bridgehead atoms. The molecule has 2 fully saturated rings. The number of ketones is 1. The number of Topliss-reactive ketones (excluding diaryl/α,β-unsaturated/α-hetero) is 1. The number of hydrogen-bond acceptors (Lipinski definition) is 3. The molecule has 2 aliphatic rings. The zero-order chi connectivity index (χ0) is 13.3. The highest BCUT2D eigenvalue weighted by Gasteiger charge is 2.55. The van der Waals surface area contributed by atoms with Crippen LogP contribution in [-0.2, 0) is 16.1 Å². The summed E-state index contributed by atoms with van der Waals surface area (Å²) in [5.74, 6) is 0.255. The van der Waals surface area contributed by atoms with Crippen LogP contribution in [0.15, 0.2) is 30.3 Å². The van der Waals surface area contributed by atoms with Gasteiger partial charge in [-0.15, -0.1) is 0 Å². The number of alkyl carbamates (subject to hydrolysis) is 1. The molecule has 0 aliphatic heterocycles. The molecule has 1 aromatic carbocycles. The summed E-state index contributed by atoms with van der Waals surface area (Å²) in [6, 6.07) is 9.54. The summed E-state index contributed by atoms with van der Waals surface area (Å²) in [5, 5.41) is 2.85. The molecule has 0 radical (unpaired) electrons. The molecule has 1 spiro atoms. The molecule has 1 unspecified atom stereocenters. The maximum atomic E-state index is 11.7. The Morgan fingerprint density at radius 3 is 2.74 bits per heavy atom. The largest absolute Gasteiger partial charge is 0.445 e. The summed E-state index contributed by atoms with van der Waals surface area (Å²) < 4.78 is 5.19. The van der Waals surface area contributed by atoms with Gasteiger partial charge in [-0.25, -0.2) is 4.79 Å². The van der Waals surface area contributed by atoms with Gasteiger partial charge in [-0.1, -0.05) is 30.3 Å². The van der Waals surface area contributed by atoms with Crippen molar-refractivity contribution in [2.24, 2.45) is 5.41 Å². The molecule has 4 heteroatoms. The minimum atomic E-state index is -0.421. The Bertz CT molecular complexity index is 493. The molecule has 2 saturated carbocycles. The Balaban J connectivity index is 1.51. The number of hydrogen-bond donors (Lipinski definition) is 1. The van der Waals surface area contributed by atoms with E-state index >= 15 is 0 Å². The van der Waals surface area contributed by atoms with Crippen molar-refractivity contribution in [3.8, 4) is 0 Å². The topological polar surface area (TPSA) is 55.4 Å². The van der Waals surface area contributed by atoms with Gasteiger partial charge >= 0.3 is 6.09 Å². The molecule has 0 heterocycles. The molecule has 3 rings (SSSR count). The van der Waals surface area contributed by atoms with Crippen molar-refractivity contribution in [3.05, 3.63) is 35.9 Å². The van der Waals surface area contributed by atoms with E-state index in [0.29, 0.717) is 12.8 Å². The predicted octanol–water partition coefficient (Wildman–Crippen LogP) is 2.42. The maximum Gasteiger partial charge on any atom is 0.407 e. The van der Waals surface area contributed by atoms with Crippen molar-refractivity contribution >= 4 is 11.9 Å². The molecule has 19 heavy (non-hydrogen) atoms. The van der Waals surface area contributed by atoms with Crippen LogP contribution in [0.4, 0.5) is 4.79 Å². The molecular formula is C15H17NO3. The molecule has 100 valence electrons. The van der Waals surface area contributed by atoms with Crippen molar-refractivity contribution in [3.63, 3.8) is 0 Å². The number of carbonyl (C=O) groups excluding carboxylic acids is 2. The summed E-state index contributed by atoms with van der Waals surface area (Å²) in [7, 11) is 0. The lowest BCUT2D eigenvalue weighted by Gasteiger charge is -2.18. The van der Waals surface area contributed by atoms with Gasteiger partial charge in [-0.05, 0) is 23.8 Å². The number of benzene rings is 1. The van der Waals surface area contributed by atoms with Crippen molar-refractivity contribution in [1.82, 2.24) is 5.32 Å². The quantitative estimate of drug-likeness (QED) is 0.907. The summed E-state index contributed by atoms with van der Waals surface area (Å²) in [6.07, 6.45) is 2.75. The Hall–Kier alpha value is -1.84. The highest BCUT2D eigenvalue weighted by molar-refractivity contribution is 5.84. The van der Waals surface area contributed by atoms with Crippen LogP contribution in [0.5, 0.6) is 0 Å². The van der Waals surface area contributed by atoms with Crippen LogP contribution in [0.25, 0.3) is 0 Å². The zero-order valence-corrected chi connectivity index (χ0v) is 10.7. The summed E-state index contributed by atoms with van der Waals surface area (Å²) in [5.41, 5.74) is 1.02. The standard InChI is InChI=1S/C15H17NO3/c17-12-8-13(15(9-12)6-7-15)16-14(18)19-10-11-4-2-1-3-5-11/h1-5,13H,6-10H2,(H,16,18). The molecular weight excluding hydrogens is 242 g/mol. The first kappa shape index (κ1) is 12.2. The molecule has 0 aromatic heterocycles. The summed E-state index contributed by atoms with van der Waals surface area (Å²) in [4.78, 5) is 23.2. The Morgan fingerprint density at radius 2 is 2.05 bits per heavy atom. The van der Waals surface area contributed by atoms with Crippen LogP contribution < -0.4 is 5.32 Å². The van der Waals surface area contributed by atoms with E-state index in [-0.39, 0.29) is 23.8 Å². The van der Waals surface area contributed by atoms with E-state index in [1.54, 1.807) is 0 Å². The van der Waals surface area contributed by atoms with Gasteiger partial charge in [-0.2, -0.15) is 0 Å². The number of rotatable bonds is 3. The van der Waals surface area contributed by atoms with E-state index in [1.807, 2.05) is 30.3 Å². The second-order valence-corrected chi connectivity index (χ2v) is 5.54. The molecule has 4 nitrogen and oxygen atoms in total. The molecule has 1 atom stereocenters. The molecule has 2 aliphatic carbocycles. The third-order valence-electron chi connectivity index (χ3n) is 4.12. The number of nitrogens with one attached hydrogen (secondary N) is 1. The van der Waals surface area contributed by atoms with Gasteiger partial charge < -0.3 is 10.1 Å². The van der Waals surface area contributed by atoms with E-state index in [1.165, 1.54) is 0 Å². The van der Waals surface area contributed by atoms with Crippen molar-refractivity contribution in [1.29, 1.82) is 0 Å². The van der Waals surface area contributed by atoms with Crippen molar-refractivity contribution < 1.29 is 14.3 Å². The lowest BCUT2D eigenvalue weighted by Crippen LogP contribution is -2.38. The molecule has 1 amide bonds. The van der Waals surface area contributed by atoms with Crippen LogP contribution in [0, 0.1) is 5.41 Å². The average Bonchev–Trinajstić information content (AvgIpc) is 3.10. The fourth-order valence-corrected chi connectivity index (χ4v) is 2.83. The van der Waals surface area contributed by atoms with E-state index in [9.17, 15) is 9.59 Å². The highest BCUT2D eigenvalue weighted by atomic mass is 16.5. The highest BCUT2D eigenvalue weighted by Crippen LogP contribution is 2.56. The van der Waals surface area contributed by atoms with E-state index in [4.69, 9.17) is 4.74 Å². The number of carbonyl (C=O) groups is 2. The number of ether oxygens (including phenoxy) is 1. The molecule has 0 saturated heterocycles. The third-order valence-corrected chi connectivity index (χ3v) is 4.12. The lowest BCUT2D eigenvalue weighted by molar-refractivity contribution is -0.117. The monoisotopic (exact) mass is 259 g/mol. The van der Waals surface area contributed by atoms with Gasteiger partial charge in [0.1, 0.15) is 12.4 Å². The minimum Gasteiger partial charge on any atom is -0.445 e. The first-order chi connectivity index (χ1) is 9.18. The summed E-state index contributed by atoms with van der Waals surface area (Å²) in [6.45, 7) is 0.264. The normalized spacial score (nSPS) is 23.4. The Labute approximate surface area is 112 Å². The van der Waals surface area contributed by atoms with Gasteiger partial charge in [0.15, 0.2) is 0 Å². The van der Waals surface area contributed by atoms with Crippen molar-refractivity contribution in [2.45, 2.75) is 38.3 Å². The Morgan fingerprint density at radius 1 is 1.32 bits per heavy atom. The van der Waals surface area contributed by atoms with Gasteiger partial charge in [0.25, 0.3) is 0 Å². The van der Waals surface area contributed by atoms with Gasteiger partial charge in [0, 0.05) is 18.9 Å². The molecule has 1 aromatic rings.